The Morgan fingerprint density at radius 1 is 1.13 bits per heavy atom. The largest absolute Gasteiger partial charge is 0.444 e. The molecular formula is C23H34ClN3O3. The predicted octanol–water partition coefficient (Wildman–Crippen LogP) is 4.01. The maximum absolute atomic E-state index is 12.3. The van der Waals surface area contributed by atoms with E-state index in [1.807, 2.05) is 31.7 Å². The summed E-state index contributed by atoms with van der Waals surface area (Å²) in [6.07, 6.45) is 2.10. The SMILES string of the molecule is CC(C)(C)OC(=O)N1CCN(Cc2ccc(Cl)c(N3CC4(CCOCC4)C3)c2)CC1. The van der Waals surface area contributed by atoms with Crippen molar-refractivity contribution in [1.82, 2.24) is 9.80 Å². The van der Waals surface area contributed by atoms with Crippen molar-refractivity contribution in [1.29, 1.82) is 0 Å². The van der Waals surface area contributed by atoms with Crippen LogP contribution in [0.2, 0.25) is 5.02 Å². The van der Waals surface area contributed by atoms with E-state index >= 15 is 0 Å². The Kier molecular flexibility index (Phi) is 6.20. The summed E-state index contributed by atoms with van der Waals surface area (Å²) in [5.74, 6) is 0. The lowest BCUT2D eigenvalue weighted by atomic mass is 9.73. The van der Waals surface area contributed by atoms with Gasteiger partial charge in [-0.05, 0) is 51.3 Å². The van der Waals surface area contributed by atoms with Crippen LogP contribution in [0.15, 0.2) is 18.2 Å². The van der Waals surface area contributed by atoms with E-state index in [1.165, 1.54) is 5.56 Å². The molecular weight excluding hydrogens is 402 g/mol. The third-order valence-corrected chi connectivity index (χ3v) is 6.71. The quantitative estimate of drug-likeness (QED) is 0.717. The minimum absolute atomic E-state index is 0.212. The van der Waals surface area contributed by atoms with E-state index in [0.717, 1.165) is 69.5 Å². The molecule has 7 heteroatoms. The molecule has 3 heterocycles. The van der Waals surface area contributed by atoms with Crippen molar-refractivity contribution in [2.24, 2.45) is 5.41 Å². The van der Waals surface area contributed by atoms with Gasteiger partial charge in [-0.15, -0.1) is 0 Å². The Hall–Kier alpha value is -1.50. The van der Waals surface area contributed by atoms with Crippen LogP contribution in [0.5, 0.6) is 0 Å². The number of amides is 1. The van der Waals surface area contributed by atoms with Gasteiger partial charge >= 0.3 is 6.09 Å². The molecule has 1 spiro atoms. The van der Waals surface area contributed by atoms with E-state index < -0.39 is 5.60 Å². The van der Waals surface area contributed by atoms with Crippen molar-refractivity contribution in [3.63, 3.8) is 0 Å². The summed E-state index contributed by atoms with van der Waals surface area (Å²) < 4.78 is 11.0. The van der Waals surface area contributed by atoms with Crippen molar-refractivity contribution >= 4 is 23.4 Å². The average Bonchev–Trinajstić information content (AvgIpc) is 2.67. The standard InChI is InChI=1S/C23H34ClN3O3/c1-22(2,3)30-21(28)26-10-8-25(9-11-26)15-18-4-5-19(24)20(14-18)27-16-23(17-27)6-12-29-13-7-23/h4-5,14H,6-13,15-17H2,1-3H3. The van der Waals surface area contributed by atoms with Crippen LogP contribution in [-0.2, 0) is 16.0 Å². The number of hydrogen-bond acceptors (Lipinski definition) is 5. The van der Waals surface area contributed by atoms with Crippen LogP contribution in [0.1, 0.15) is 39.2 Å². The first-order chi connectivity index (χ1) is 14.2. The Labute approximate surface area is 185 Å². The number of ether oxygens (including phenoxy) is 2. The zero-order chi connectivity index (χ0) is 21.4. The van der Waals surface area contributed by atoms with Gasteiger partial charge in [0.15, 0.2) is 0 Å². The zero-order valence-corrected chi connectivity index (χ0v) is 19.2. The van der Waals surface area contributed by atoms with Crippen LogP contribution in [0.4, 0.5) is 10.5 Å². The minimum Gasteiger partial charge on any atom is -0.444 e. The van der Waals surface area contributed by atoms with Crippen LogP contribution < -0.4 is 4.90 Å². The first-order valence-electron chi connectivity index (χ1n) is 11.0. The number of piperazine rings is 1. The summed E-state index contributed by atoms with van der Waals surface area (Å²) in [7, 11) is 0. The molecule has 30 heavy (non-hydrogen) atoms. The molecule has 1 aromatic rings. The number of hydrogen-bond donors (Lipinski definition) is 0. The van der Waals surface area contributed by atoms with Gasteiger partial charge in [-0.1, -0.05) is 17.7 Å². The third-order valence-electron chi connectivity index (χ3n) is 6.39. The minimum atomic E-state index is -0.450. The van der Waals surface area contributed by atoms with Crippen molar-refractivity contribution in [3.05, 3.63) is 28.8 Å². The van der Waals surface area contributed by atoms with Gasteiger partial charge in [0, 0.05) is 64.4 Å². The summed E-state index contributed by atoms with van der Waals surface area (Å²) in [5, 5.41) is 0.829. The molecule has 3 saturated heterocycles. The van der Waals surface area contributed by atoms with Gasteiger partial charge in [-0.2, -0.15) is 0 Å². The molecule has 166 valence electrons. The molecule has 0 aromatic heterocycles. The average molecular weight is 436 g/mol. The van der Waals surface area contributed by atoms with Crippen molar-refractivity contribution < 1.29 is 14.3 Å². The van der Waals surface area contributed by atoms with Crippen molar-refractivity contribution in [3.8, 4) is 0 Å². The number of anilines is 1. The smallest absolute Gasteiger partial charge is 0.410 e. The molecule has 0 N–H and O–H groups in total. The zero-order valence-electron chi connectivity index (χ0n) is 18.5. The number of nitrogens with zero attached hydrogens (tertiary/aromatic N) is 3. The maximum Gasteiger partial charge on any atom is 0.410 e. The molecule has 0 saturated carbocycles. The second-order valence-corrected chi connectivity index (χ2v) is 10.4. The molecule has 4 rings (SSSR count). The van der Waals surface area contributed by atoms with Gasteiger partial charge in [0.2, 0.25) is 0 Å². The highest BCUT2D eigenvalue weighted by atomic mass is 35.5. The molecule has 0 aliphatic carbocycles. The summed E-state index contributed by atoms with van der Waals surface area (Å²) in [6, 6.07) is 6.39. The fraction of sp³-hybridized carbons (Fsp3) is 0.696. The number of halogens is 1. The van der Waals surface area contributed by atoms with Gasteiger partial charge in [0.05, 0.1) is 10.7 Å². The molecule has 6 nitrogen and oxygen atoms in total. The van der Waals surface area contributed by atoms with E-state index in [4.69, 9.17) is 21.1 Å². The van der Waals surface area contributed by atoms with Crippen molar-refractivity contribution in [2.75, 3.05) is 57.4 Å². The number of benzene rings is 1. The maximum atomic E-state index is 12.3. The van der Waals surface area contributed by atoms with Crippen LogP contribution in [0, 0.1) is 5.41 Å². The van der Waals surface area contributed by atoms with Crippen LogP contribution >= 0.6 is 11.6 Å². The van der Waals surface area contributed by atoms with Crippen LogP contribution in [-0.4, -0.2) is 74.0 Å². The summed E-state index contributed by atoms with van der Waals surface area (Å²) >= 11 is 6.54. The second-order valence-electron chi connectivity index (χ2n) is 10.00. The second kappa shape index (κ2) is 8.56. The van der Waals surface area contributed by atoms with E-state index in [1.54, 1.807) is 0 Å². The summed E-state index contributed by atoms with van der Waals surface area (Å²) in [6.45, 7) is 13.6. The highest BCUT2D eigenvalue weighted by Crippen LogP contribution is 2.44. The molecule has 0 unspecified atom stereocenters. The lowest BCUT2D eigenvalue weighted by molar-refractivity contribution is -0.000218. The van der Waals surface area contributed by atoms with E-state index in [0.29, 0.717) is 18.5 Å². The van der Waals surface area contributed by atoms with Gasteiger partial charge in [0.25, 0.3) is 0 Å². The first kappa shape index (κ1) is 21.7. The fourth-order valence-corrected chi connectivity index (χ4v) is 4.86. The highest BCUT2D eigenvalue weighted by molar-refractivity contribution is 6.33. The van der Waals surface area contributed by atoms with Gasteiger partial charge in [-0.3, -0.25) is 4.90 Å². The Balaban J connectivity index is 1.31. The molecule has 0 atom stereocenters. The van der Waals surface area contributed by atoms with E-state index in [2.05, 4.69) is 21.9 Å². The molecule has 0 bridgehead atoms. The Morgan fingerprint density at radius 3 is 2.43 bits per heavy atom. The first-order valence-corrected chi connectivity index (χ1v) is 11.4. The van der Waals surface area contributed by atoms with Gasteiger partial charge < -0.3 is 19.3 Å². The Bertz CT molecular complexity index is 757. The highest BCUT2D eigenvalue weighted by Gasteiger charge is 2.44. The molecule has 0 radical (unpaired) electrons. The van der Waals surface area contributed by atoms with Crippen molar-refractivity contribution in [2.45, 2.75) is 45.8 Å². The Morgan fingerprint density at radius 2 is 1.80 bits per heavy atom. The summed E-state index contributed by atoms with van der Waals surface area (Å²) in [4.78, 5) is 18.9. The topological polar surface area (TPSA) is 45.2 Å². The normalized spacial score (nSPS) is 22.1. The van der Waals surface area contributed by atoms with E-state index in [-0.39, 0.29) is 6.09 Å². The molecule has 3 aliphatic rings. The predicted molar refractivity (Wildman–Crippen MR) is 119 cm³/mol. The van der Waals surface area contributed by atoms with Gasteiger partial charge in [-0.25, -0.2) is 4.79 Å². The lowest BCUT2D eigenvalue weighted by Gasteiger charge is -2.53. The molecule has 1 amide bonds. The van der Waals surface area contributed by atoms with Crippen LogP contribution in [0.3, 0.4) is 0 Å². The number of rotatable bonds is 3. The van der Waals surface area contributed by atoms with Crippen LogP contribution in [0.25, 0.3) is 0 Å². The fourth-order valence-electron chi connectivity index (χ4n) is 4.63. The van der Waals surface area contributed by atoms with Gasteiger partial charge in [0.1, 0.15) is 5.60 Å². The molecule has 1 aromatic carbocycles. The molecule has 3 aliphatic heterocycles. The number of carbonyl (C=O) groups excluding carboxylic acids is 1. The lowest BCUT2D eigenvalue weighted by Crippen LogP contribution is -2.58. The van der Waals surface area contributed by atoms with E-state index in [9.17, 15) is 4.79 Å². The summed E-state index contributed by atoms with van der Waals surface area (Å²) in [5.41, 5.74) is 2.40. The number of carbonyl (C=O) groups is 1. The molecule has 3 fully saturated rings. The third kappa shape index (κ3) is 5.04. The monoisotopic (exact) mass is 435 g/mol.